The van der Waals surface area contributed by atoms with Crippen molar-refractivity contribution in [1.82, 2.24) is 20.2 Å². The molecule has 6 heteroatoms. The van der Waals surface area contributed by atoms with Crippen LogP contribution in [0.1, 0.15) is 0 Å². The summed E-state index contributed by atoms with van der Waals surface area (Å²) in [7, 11) is 0. The Morgan fingerprint density at radius 3 is 2.68 bits per heavy atom. The minimum Gasteiger partial charge on any atom is -0.306 e. The number of aromatic nitrogens is 4. The maximum absolute atomic E-state index is 11.4. The van der Waals surface area contributed by atoms with Gasteiger partial charge in [-0.1, -0.05) is 29.8 Å². The first kappa shape index (κ1) is 12.9. The van der Waals surface area contributed by atoms with E-state index in [1.54, 1.807) is 6.20 Å². The molecule has 5 nitrogen and oxygen atoms in total. The van der Waals surface area contributed by atoms with Crippen molar-refractivity contribution in [2.75, 3.05) is 0 Å². The van der Waals surface area contributed by atoms with Gasteiger partial charge in [0.25, 0.3) is 0 Å². The highest BCUT2D eigenvalue weighted by molar-refractivity contribution is 6.34. The van der Waals surface area contributed by atoms with Crippen molar-refractivity contribution >= 4 is 22.6 Å². The van der Waals surface area contributed by atoms with Gasteiger partial charge in [-0.3, -0.25) is 5.10 Å². The molecule has 0 aliphatic heterocycles. The summed E-state index contributed by atoms with van der Waals surface area (Å²) in [4.78, 5) is 16.9. The summed E-state index contributed by atoms with van der Waals surface area (Å²) < 4.78 is 0. The lowest BCUT2D eigenvalue weighted by Gasteiger charge is -2.10. The molecule has 0 atom stereocenters. The van der Waals surface area contributed by atoms with Crippen LogP contribution < -0.4 is 5.69 Å². The maximum Gasteiger partial charge on any atom is 0.323 e. The molecule has 0 spiro atoms. The third-order valence-corrected chi connectivity index (χ3v) is 3.94. The number of imidazole rings is 1. The van der Waals surface area contributed by atoms with Gasteiger partial charge in [0, 0.05) is 22.3 Å². The van der Waals surface area contributed by atoms with Crippen LogP contribution in [0.3, 0.4) is 0 Å². The first-order valence-corrected chi connectivity index (χ1v) is 7.10. The number of benzene rings is 2. The van der Waals surface area contributed by atoms with Crippen molar-refractivity contribution in [1.29, 1.82) is 0 Å². The Hall–Kier alpha value is -2.79. The molecule has 0 radical (unpaired) electrons. The molecule has 4 rings (SSSR count). The normalized spacial score (nSPS) is 11.1. The summed E-state index contributed by atoms with van der Waals surface area (Å²) in [6.07, 6.45) is 3.58. The van der Waals surface area contributed by atoms with Crippen LogP contribution in [0.5, 0.6) is 0 Å². The van der Waals surface area contributed by atoms with E-state index in [1.165, 1.54) is 0 Å². The topological polar surface area (TPSA) is 77.3 Å². The van der Waals surface area contributed by atoms with Crippen LogP contribution in [0.25, 0.3) is 33.3 Å². The van der Waals surface area contributed by atoms with Crippen molar-refractivity contribution in [3.8, 4) is 22.3 Å². The minimum atomic E-state index is -0.221. The standard InChI is InChI=1S/C16H11ClN4O/c17-12-3-1-2-11(10-7-18-19-8-10)15(12)9-4-5-13-14(6-9)21-16(22)20-13/h1-8H,(H,18,19)(H2,20,21,22). The number of hydrogen-bond acceptors (Lipinski definition) is 2. The predicted molar refractivity (Wildman–Crippen MR) is 86.9 cm³/mol. The van der Waals surface area contributed by atoms with Gasteiger partial charge in [0.05, 0.1) is 17.2 Å². The monoisotopic (exact) mass is 310 g/mol. The second kappa shape index (κ2) is 4.89. The van der Waals surface area contributed by atoms with Crippen LogP contribution in [-0.2, 0) is 0 Å². The molecule has 0 aliphatic carbocycles. The van der Waals surface area contributed by atoms with Crippen LogP contribution in [0, 0.1) is 0 Å². The summed E-state index contributed by atoms with van der Waals surface area (Å²) in [5.41, 5.74) is 5.09. The van der Waals surface area contributed by atoms with Crippen LogP contribution in [0.15, 0.2) is 53.6 Å². The van der Waals surface area contributed by atoms with Crippen molar-refractivity contribution < 1.29 is 0 Å². The number of H-pyrrole nitrogens is 3. The van der Waals surface area contributed by atoms with Gasteiger partial charge in [0.15, 0.2) is 0 Å². The molecule has 2 aromatic heterocycles. The van der Waals surface area contributed by atoms with Crippen LogP contribution in [0.2, 0.25) is 5.02 Å². The molecule has 0 aliphatic rings. The fraction of sp³-hybridized carbons (Fsp3) is 0. The van der Waals surface area contributed by atoms with Crippen molar-refractivity contribution in [2.24, 2.45) is 0 Å². The number of aromatic amines is 3. The van der Waals surface area contributed by atoms with E-state index in [9.17, 15) is 4.79 Å². The van der Waals surface area contributed by atoms with Gasteiger partial charge < -0.3 is 9.97 Å². The maximum atomic E-state index is 11.4. The highest BCUT2D eigenvalue weighted by Crippen LogP contribution is 2.37. The Balaban J connectivity index is 1.99. The summed E-state index contributed by atoms with van der Waals surface area (Å²) in [5.74, 6) is 0. The van der Waals surface area contributed by atoms with E-state index in [-0.39, 0.29) is 5.69 Å². The first-order valence-electron chi connectivity index (χ1n) is 6.72. The van der Waals surface area contributed by atoms with Crippen molar-refractivity contribution in [3.63, 3.8) is 0 Å². The molecular formula is C16H11ClN4O. The van der Waals surface area contributed by atoms with E-state index in [1.807, 2.05) is 42.6 Å². The van der Waals surface area contributed by atoms with Gasteiger partial charge in [0.1, 0.15) is 0 Å². The van der Waals surface area contributed by atoms with Crippen LogP contribution in [0.4, 0.5) is 0 Å². The van der Waals surface area contributed by atoms with Gasteiger partial charge in [-0.2, -0.15) is 5.10 Å². The van der Waals surface area contributed by atoms with Crippen molar-refractivity contribution in [3.05, 3.63) is 64.3 Å². The molecule has 2 heterocycles. The van der Waals surface area contributed by atoms with Crippen molar-refractivity contribution in [2.45, 2.75) is 0 Å². The van der Waals surface area contributed by atoms with Gasteiger partial charge >= 0.3 is 5.69 Å². The molecule has 0 saturated carbocycles. The zero-order chi connectivity index (χ0) is 15.1. The molecular weight excluding hydrogens is 300 g/mol. The van der Waals surface area contributed by atoms with E-state index in [4.69, 9.17) is 11.6 Å². The highest BCUT2D eigenvalue weighted by atomic mass is 35.5. The third kappa shape index (κ3) is 2.03. The Kier molecular flexibility index (Phi) is 2.87. The summed E-state index contributed by atoms with van der Waals surface area (Å²) in [6, 6.07) is 11.5. The lowest BCUT2D eigenvalue weighted by molar-refractivity contribution is 1.09. The highest BCUT2D eigenvalue weighted by Gasteiger charge is 2.13. The number of fused-ring (bicyclic) bond motifs is 1. The molecule has 22 heavy (non-hydrogen) atoms. The third-order valence-electron chi connectivity index (χ3n) is 3.63. The number of rotatable bonds is 2. The van der Waals surface area contributed by atoms with Gasteiger partial charge in [-0.15, -0.1) is 0 Å². The molecule has 0 unspecified atom stereocenters. The van der Waals surface area contributed by atoms with E-state index in [2.05, 4.69) is 20.2 Å². The average molecular weight is 311 g/mol. The lowest BCUT2D eigenvalue weighted by atomic mass is 9.96. The molecule has 0 bridgehead atoms. The zero-order valence-electron chi connectivity index (χ0n) is 11.4. The fourth-order valence-electron chi connectivity index (χ4n) is 2.64. The zero-order valence-corrected chi connectivity index (χ0v) is 12.1. The van der Waals surface area contributed by atoms with E-state index in [0.717, 1.165) is 33.3 Å². The summed E-state index contributed by atoms with van der Waals surface area (Å²) in [6.45, 7) is 0. The summed E-state index contributed by atoms with van der Waals surface area (Å²) >= 11 is 6.43. The molecule has 108 valence electrons. The molecule has 0 fully saturated rings. The van der Waals surface area contributed by atoms with Gasteiger partial charge in [-0.05, 0) is 29.3 Å². The summed E-state index contributed by atoms with van der Waals surface area (Å²) in [5, 5.41) is 7.46. The first-order chi connectivity index (χ1) is 10.7. The SMILES string of the molecule is O=c1[nH]c2ccc(-c3c(Cl)cccc3-c3cn[nH]c3)cc2[nH]1. The average Bonchev–Trinajstić information content (AvgIpc) is 3.14. The molecule has 2 aromatic carbocycles. The number of nitrogens with one attached hydrogen (secondary N) is 3. The van der Waals surface area contributed by atoms with Gasteiger partial charge in [0.2, 0.25) is 0 Å². The molecule has 0 saturated heterocycles. The second-order valence-electron chi connectivity index (χ2n) is 4.99. The smallest absolute Gasteiger partial charge is 0.306 e. The van der Waals surface area contributed by atoms with Gasteiger partial charge in [-0.25, -0.2) is 4.79 Å². The number of hydrogen-bond donors (Lipinski definition) is 3. The second-order valence-corrected chi connectivity index (χ2v) is 5.40. The Morgan fingerprint density at radius 1 is 1.00 bits per heavy atom. The quantitative estimate of drug-likeness (QED) is 0.529. The molecule has 3 N–H and O–H groups in total. The minimum absolute atomic E-state index is 0.221. The predicted octanol–water partition coefficient (Wildman–Crippen LogP) is 3.57. The largest absolute Gasteiger partial charge is 0.323 e. The number of halogens is 1. The fourth-order valence-corrected chi connectivity index (χ4v) is 2.93. The lowest BCUT2D eigenvalue weighted by Crippen LogP contribution is -1.99. The molecule has 0 amide bonds. The van der Waals surface area contributed by atoms with E-state index < -0.39 is 0 Å². The van der Waals surface area contributed by atoms with Crippen LogP contribution in [-0.4, -0.2) is 20.2 Å². The number of nitrogens with zero attached hydrogens (tertiary/aromatic N) is 1. The van der Waals surface area contributed by atoms with E-state index >= 15 is 0 Å². The Bertz CT molecular complexity index is 1010. The Morgan fingerprint density at radius 2 is 1.86 bits per heavy atom. The Labute approximate surface area is 130 Å². The molecule has 4 aromatic rings. The van der Waals surface area contributed by atoms with Crippen LogP contribution >= 0.6 is 11.6 Å². The van der Waals surface area contributed by atoms with E-state index in [0.29, 0.717) is 5.02 Å².